The molecule has 1 rings (SSSR count). The first-order valence-electron chi connectivity index (χ1n) is 4.74. The molecule has 0 aliphatic carbocycles. The third-order valence-electron chi connectivity index (χ3n) is 2.15. The van der Waals surface area contributed by atoms with Gasteiger partial charge in [0.1, 0.15) is 5.75 Å². The van der Waals surface area contributed by atoms with Crippen molar-refractivity contribution in [2.24, 2.45) is 0 Å². The van der Waals surface area contributed by atoms with Crippen molar-refractivity contribution in [2.45, 2.75) is 20.0 Å². The maximum absolute atomic E-state index is 12.2. The Hall–Kier alpha value is -2.16. The average Bonchev–Trinajstić information content (AvgIpc) is 2.26. The van der Waals surface area contributed by atoms with Gasteiger partial charge in [-0.1, -0.05) is 6.92 Å². The number of nitriles is 1. The molecule has 0 atom stereocenters. The maximum atomic E-state index is 12.2. The molecule has 0 aliphatic heterocycles. The van der Waals surface area contributed by atoms with E-state index < -0.39 is 12.6 Å². The molecule has 0 heterocycles. The van der Waals surface area contributed by atoms with Crippen molar-refractivity contribution in [1.82, 2.24) is 0 Å². The number of aromatic carboxylic acids is 1. The van der Waals surface area contributed by atoms with Gasteiger partial charge in [-0.3, -0.25) is 0 Å². The van der Waals surface area contributed by atoms with E-state index in [1.807, 2.05) is 0 Å². The second-order valence-corrected chi connectivity index (χ2v) is 3.15. The molecule has 1 aromatic rings. The van der Waals surface area contributed by atoms with Crippen molar-refractivity contribution in [3.63, 3.8) is 0 Å². The van der Waals surface area contributed by atoms with E-state index in [-0.39, 0.29) is 22.4 Å². The second-order valence-electron chi connectivity index (χ2n) is 3.15. The predicted octanol–water partition coefficient (Wildman–Crippen LogP) is 2.42. The number of carboxylic acid groups (broad SMARTS) is 1. The van der Waals surface area contributed by atoms with Gasteiger partial charge in [0.15, 0.2) is 0 Å². The number of ether oxygens (including phenoxy) is 1. The molecule has 0 spiro atoms. The lowest BCUT2D eigenvalue weighted by molar-refractivity contribution is -0.0505. The van der Waals surface area contributed by atoms with Gasteiger partial charge in [-0.25, -0.2) is 4.79 Å². The predicted molar refractivity (Wildman–Crippen MR) is 54.1 cm³/mol. The van der Waals surface area contributed by atoms with Gasteiger partial charge in [-0.05, 0) is 18.6 Å². The SMILES string of the molecule is CCc1c(C#N)cc(C(=O)O)cc1OC(F)F. The molecule has 6 heteroatoms. The number of hydrogen-bond acceptors (Lipinski definition) is 3. The third-order valence-corrected chi connectivity index (χ3v) is 2.15. The van der Waals surface area contributed by atoms with Crippen molar-refractivity contribution in [3.05, 3.63) is 28.8 Å². The molecule has 17 heavy (non-hydrogen) atoms. The van der Waals surface area contributed by atoms with Crippen LogP contribution < -0.4 is 4.74 Å². The summed E-state index contributed by atoms with van der Waals surface area (Å²) in [6, 6.07) is 3.90. The van der Waals surface area contributed by atoms with E-state index in [4.69, 9.17) is 10.4 Å². The van der Waals surface area contributed by atoms with Crippen LogP contribution in [-0.4, -0.2) is 17.7 Å². The van der Waals surface area contributed by atoms with Crippen LogP contribution in [0.2, 0.25) is 0 Å². The summed E-state index contributed by atoms with van der Waals surface area (Å²) >= 11 is 0. The smallest absolute Gasteiger partial charge is 0.387 e. The molecular weight excluding hydrogens is 232 g/mol. The molecule has 4 nitrogen and oxygen atoms in total. The van der Waals surface area contributed by atoms with Crippen LogP contribution in [0.25, 0.3) is 0 Å². The molecule has 0 radical (unpaired) electrons. The lowest BCUT2D eigenvalue weighted by Gasteiger charge is -2.11. The summed E-state index contributed by atoms with van der Waals surface area (Å²) in [4.78, 5) is 10.8. The number of alkyl halides is 2. The van der Waals surface area contributed by atoms with Gasteiger partial charge in [-0.2, -0.15) is 14.0 Å². The molecule has 0 amide bonds. The lowest BCUT2D eigenvalue weighted by Crippen LogP contribution is -2.08. The highest BCUT2D eigenvalue weighted by Gasteiger charge is 2.16. The number of carbonyl (C=O) groups is 1. The molecule has 90 valence electrons. The molecule has 0 fully saturated rings. The topological polar surface area (TPSA) is 70.3 Å². The number of halogens is 2. The molecule has 0 saturated heterocycles. The molecule has 0 aromatic heterocycles. The fraction of sp³-hybridized carbons (Fsp3) is 0.273. The van der Waals surface area contributed by atoms with Crippen LogP contribution in [0, 0.1) is 11.3 Å². The Balaban J connectivity index is 3.38. The minimum absolute atomic E-state index is 0.0306. The summed E-state index contributed by atoms with van der Waals surface area (Å²) in [5.41, 5.74) is 0.0512. The van der Waals surface area contributed by atoms with E-state index in [2.05, 4.69) is 4.74 Å². The van der Waals surface area contributed by atoms with Crippen LogP contribution in [0.1, 0.15) is 28.4 Å². The molecule has 1 N–H and O–H groups in total. The maximum Gasteiger partial charge on any atom is 0.387 e. The van der Waals surface area contributed by atoms with Crippen LogP contribution in [0.5, 0.6) is 5.75 Å². The normalized spacial score (nSPS) is 10.1. The minimum atomic E-state index is -3.06. The van der Waals surface area contributed by atoms with Crippen LogP contribution in [0.15, 0.2) is 12.1 Å². The Kier molecular flexibility index (Phi) is 3.99. The Morgan fingerprint density at radius 1 is 1.59 bits per heavy atom. The van der Waals surface area contributed by atoms with Gasteiger partial charge in [0.05, 0.1) is 17.2 Å². The van der Waals surface area contributed by atoms with Gasteiger partial charge in [-0.15, -0.1) is 0 Å². The number of hydrogen-bond donors (Lipinski definition) is 1. The standard InChI is InChI=1S/C11H9F2NO3/c1-2-8-7(5-14)3-6(10(15)16)4-9(8)17-11(12)13/h3-4,11H,2H2,1H3,(H,15,16). The minimum Gasteiger partial charge on any atom is -0.478 e. The first-order valence-corrected chi connectivity index (χ1v) is 4.74. The Bertz CT molecular complexity index is 480. The van der Waals surface area contributed by atoms with Crippen LogP contribution >= 0.6 is 0 Å². The van der Waals surface area contributed by atoms with Crippen molar-refractivity contribution < 1.29 is 23.4 Å². The highest BCUT2D eigenvalue weighted by molar-refractivity contribution is 5.89. The number of nitrogens with zero attached hydrogens (tertiary/aromatic N) is 1. The van der Waals surface area contributed by atoms with Crippen LogP contribution in [0.4, 0.5) is 8.78 Å². The quantitative estimate of drug-likeness (QED) is 0.878. The van der Waals surface area contributed by atoms with Crippen LogP contribution in [0.3, 0.4) is 0 Å². The van der Waals surface area contributed by atoms with E-state index in [1.54, 1.807) is 13.0 Å². The first-order chi connectivity index (χ1) is 7.99. The van der Waals surface area contributed by atoms with E-state index in [0.29, 0.717) is 6.42 Å². The van der Waals surface area contributed by atoms with Gasteiger partial charge in [0.2, 0.25) is 0 Å². The summed E-state index contributed by atoms with van der Waals surface area (Å²) in [6.07, 6.45) is 0.296. The van der Waals surface area contributed by atoms with E-state index >= 15 is 0 Å². The second kappa shape index (κ2) is 5.25. The zero-order valence-electron chi connectivity index (χ0n) is 8.91. The van der Waals surface area contributed by atoms with Crippen molar-refractivity contribution >= 4 is 5.97 Å². The zero-order valence-corrected chi connectivity index (χ0v) is 8.91. The van der Waals surface area contributed by atoms with Gasteiger partial charge in [0, 0.05) is 5.56 Å². The Labute approximate surface area is 96.0 Å². The fourth-order valence-corrected chi connectivity index (χ4v) is 1.43. The molecule has 1 aromatic carbocycles. The third kappa shape index (κ3) is 2.91. The van der Waals surface area contributed by atoms with Crippen LogP contribution in [-0.2, 0) is 6.42 Å². The molecular formula is C11H9F2NO3. The van der Waals surface area contributed by atoms with Crippen molar-refractivity contribution in [3.8, 4) is 11.8 Å². The number of carboxylic acids is 1. The first kappa shape index (κ1) is 12.9. The van der Waals surface area contributed by atoms with Gasteiger partial charge in [0.25, 0.3) is 0 Å². The van der Waals surface area contributed by atoms with Gasteiger partial charge < -0.3 is 9.84 Å². The van der Waals surface area contributed by atoms with Gasteiger partial charge >= 0.3 is 12.6 Å². The molecule has 0 aliphatic rings. The molecule has 0 saturated carbocycles. The van der Waals surface area contributed by atoms with E-state index in [1.165, 1.54) is 0 Å². The fourth-order valence-electron chi connectivity index (χ4n) is 1.43. The lowest BCUT2D eigenvalue weighted by atomic mass is 10.0. The average molecular weight is 241 g/mol. The Morgan fingerprint density at radius 2 is 2.24 bits per heavy atom. The van der Waals surface area contributed by atoms with E-state index in [0.717, 1.165) is 12.1 Å². The Morgan fingerprint density at radius 3 is 2.65 bits per heavy atom. The highest BCUT2D eigenvalue weighted by atomic mass is 19.3. The summed E-state index contributed by atoms with van der Waals surface area (Å²) in [6.45, 7) is -1.40. The summed E-state index contributed by atoms with van der Waals surface area (Å²) in [5.74, 6) is -1.57. The number of benzene rings is 1. The van der Waals surface area contributed by atoms with E-state index in [9.17, 15) is 13.6 Å². The number of rotatable bonds is 4. The highest BCUT2D eigenvalue weighted by Crippen LogP contribution is 2.26. The summed E-state index contributed by atoms with van der Waals surface area (Å²) in [5, 5.41) is 17.6. The monoisotopic (exact) mass is 241 g/mol. The summed E-state index contributed by atoms with van der Waals surface area (Å²) < 4.78 is 28.5. The van der Waals surface area contributed by atoms with Crippen molar-refractivity contribution in [2.75, 3.05) is 0 Å². The zero-order chi connectivity index (χ0) is 13.0. The van der Waals surface area contributed by atoms with Crippen molar-refractivity contribution in [1.29, 1.82) is 5.26 Å². The molecule has 0 bridgehead atoms. The largest absolute Gasteiger partial charge is 0.478 e. The summed E-state index contributed by atoms with van der Waals surface area (Å²) in [7, 11) is 0. The molecule has 0 unspecified atom stereocenters.